The number of hydrogen-bond donors (Lipinski definition) is 1. The van der Waals surface area contributed by atoms with E-state index in [0.29, 0.717) is 0 Å². The van der Waals surface area contributed by atoms with Crippen LogP contribution in [0.2, 0.25) is 0 Å². The van der Waals surface area contributed by atoms with Crippen LogP contribution in [0.3, 0.4) is 0 Å². The molecule has 0 aliphatic carbocycles. The maximum absolute atomic E-state index is 13.1. The monoisotopic (exact) mass is 247 g/mol. The number of carbonyl (C=O) groups excluding carboxylic acids is 1. The summed E-state index contributed by atoms with van der Waals surface area (Å²) in [6.45, 7) is -0.666. The Balaban J connectivity index is 3.37. The minimum Gasteiger partial charge on any atom is -0.468 e. The molecule has 1 atom stereocenters. The average Bonchev–Trinajstić information content (AvgIpc) is 2.30. The molecule has 0 spiro atoms. The van der Waals surface area contributed by atoms with E-state index in [1.807, 2.05) is 0 Å². The SMILES string of the molecule is COC(=O)C(CN)(c1cccc(F)c1)C(F)F. The number of alkyl halides is 2. The maximum atomic E-state index is 13.1. The number of methoxy groups -OCH3 is 1. The number of benzene rings is 1. The van der Waals surface area contributed by atoms with Gasteiger partial charge >= 0.3 is 5.97 Å². The predicted molar refractivity (Wildman–Crippen MR) is 55.2 cm³/mol. The fourth-order valence-electron chi connectivity index (χ4n) is 1.57. The molecule has 3 nitrogen and oxygen atoms in total. The van der Waals surface area contributed by atoms with Crippen LogP contribution in [0.1, 0.15) is 5.56 Å². The van der Waals surface area contributed by atoms with Gasteiger partial charge in [0.25, 0.3) is 6.43 Å². The Morgan fingerprint density at radius 2 is 2.18 bits per heavy atom. The highest BCUT2D eigenvalue weighted by Crippen LogP contribution is 2.32. The standard InChI is InChI=1S/C11H12F3NO2/c1-17-10(16)11(6-15,9(13)14)7-3-2-4-8(12)5-7/h2-5,9H,6,15H2,1H3. The zero-order chi connectivity index (χ0) is 13.1. The van der Waals surface area contributed by atoms with Gasteiger partial charge in [0.1, 0.15) is 5.82 Å². The van der Waals surface area contributed by atoms with Crippen LogP contribution in [0.25, 0.3) is 0 Å². The molecule has 0 aromatic heterocycles. The molecule has 94 valence electrons. The Kier molecular flexibility index (Phi) is 4.11. The fraction of sp³-hybridized carbons (Fsp3) is 0.364. The zero-order valence-electron chi connectivity index (χ0n) is 9.12. The van der Waals surface area contributed by atoms with E-state index in [4.69, 9.17) is 5.73 Å². The largest absolute Gasteiger partial charge is 0.468 e. The molecule has 1 aromatic rings. The summed E-state index contributed by atoms with van der Waals surface area (Å²) in [6, 6.07) is 4.41. The fourth-order valence-corrected chi connectivity index (χ4v) is 1.57. The van der Waals surface area contributed by atoms with E-state index < -0.39 is 30.2 Å². The van der Waals surface area contributed by atoms with Gasteiger partial charge in [-0.15, -0.1) is 0 Å². The van der Waals surface area contributed by atoms with Crippen molar-refractivity contribution in [2.75, 3.05) is 13.7 Å². The lowest BCUT2D eigenvalue weighted by molar-refractivity contribution is -0.153. The number of nitrogens with two attached hydrogens (primary N) is 1. The van der Waals surface area contributed by atoms with Crippen LogP contribution in [0.5, 0.6) is 0 Å². The third-order valence-corrected chi connectivity index (χ3v) is 2.58. The molecule has 1 aromatic carbocycles. The molecule has 0 saturated heterocycles. The first-order valence-corrected chi connectivity index (χ1v) is 4.81. The quantitative estimate of drug-likeness (QED) is 0.819. The first-order valence-electron chi connectivity index (χ1n) is 4.81. The number of ether oxygens (including phenoxy) is 1. The van der Waals surface area contributed by atoms with Crippen molar-refractivity contribution in [1.29, 1.82) is 0 Å². The summed E-state index contributed by atoms with van der Waals surface area (Å²) in [5.74, 6) is -1.90. The van der Waals surface area contributed by atoms with Crippen LogP contribution in [0, 0.1) is 5.82 Å². The Morgan fingerprint density at radius 1 is 1.53 bits per heavy atom. The number of hydrogen-bond acceptors (Lipinski definition) is 3. The van der Waals surface area contributed by atoms with Crippen LogP contribution in [-0.2, 0) is 14.9 Å². The third-order valence-electron chi connectivity index (χ3n) is 2.58. The Labute approximate surface area is 96.4 Å². The summed E-state index contributed by atoms with van der Waals surface area (Å²) in [4.78, 5) is 11.5. The molecule has 17 heavy (non-hydrogen) atoms. The van der Waals surface area contributed by atoms with Gasteiger partial charge in [0.05, 0.1) is 7.11 Å². The maximum Gasteiger partial charge on any atom is 0.323 e. The topological polar surface area (TPSA) is 52.3 Å². The van der Waals surface area contributed by atoms with Crippen molar-refractivity contribution in [3.63, 3.8) is 0 Å². The average molecular weight is 247 g/mol. The second-order valence-corrected chi connectivity index (χ2v) is 3.48. The summed E-state index contributed by atoms with van der Waals surface area (Å²) in [6.07, 6.45) is -3.08. The van der Waals surface area contributed by atoms with E-state index in [0.717, 1.165) is 19.2 Å². The summed E-state index contributed by atoms with van der Waals surface area (Å²) in [7, 11) is 0.981. The molecule has 1 rings (SSSR count). The minimum atomic E-state index is -3.08. The lowest BCUT2D eigenvalue weighted by Crippen LogP contribution is -2.49. The van der Waals surface area contributed by atoms with Crippen molar-refractivity contribution < 1.29 is 22.7 Å². The predicted octanol–water partition coefficient (Wildman–Crippen LogP) is 1.46. The third kappa shape index (κ3) is 2.26. The lowest BCUT2D eigenvalue weighted by Gasteiger charge is -2.29. The molecule has 0 saturated carbocycles. The van der Waals surface area contributed by atoms with E-state index >= 15 is 0 Å². The van der Waals surface area contributed by atoms with Gasteiger partial charge in [-0.05, 0) is 17.7 Å². The van der Waals surface area contributed by atoms with Crippen molar-refractivity contribution in [3.8, 4) is 0 Å². The zero-order valence-corrected chi connectivity index (χ0v) is 9.12. The van der Waals surface area contributed by atoms with Gasteiger partial charge in [0.15, 0.2) is 5.41 Å². The molecular formula is C11H12F3NO2. The second-order valence-electron chi connectivity index (χ2n) is 3.48. The van der Waals surface area contributed by atoms with E-state index in [9.17, 15) is 18.0 Å². The Bertz CT molecular complexity index is 411. The van der Waals surface area contributed by atoms with Crippen molar-refractivity contribution in [2.24, 2.45) is 5.73 Å². The van der Waals surface area contributed by atoms with Crippen molar-refractivity contribution in [1.82, 2.24) is 0 Å². The van der Waals surface area contributed by atoms with Gasteiger partial charge in [0.2, 0.25) is 0 Å². The van der Waals surface area contributed by atoms with Gasteiger partial charge in [-0.3, -0.25) is 4.79 Å². The highest BCUT2D eigenvalue weighted by molar-refractivity contribution is 5.84. The molecule has 0 bridgehead atoms. The van der Waals surface area contributed by atoms with E-state index in [-0.39, 0.29) is 5.56 Å². The molecule has 1 unspecified atom stereocenters. The van der Waals surface area contributed by atoms with Gasteiger partial charge in [-0.25, -0.2) is 13.2 Å². The summed E-state index contributed by atoms with van der Waals surface area (Å²) < 4.78 is 43.6. The smallest absolute Gasteiger partial charge is 0.323 e. The number of esters is 1. The van der Waals surface area contributed by atoms with Gasteiger partial charge in [-0.2, -0.15) is 0 Å². The van der Waals surface area contributed by atoms with Gasteiger partial charge < -0.3 is 10.5 Å². The molecule has 0 heterocycles. The van der Waals surface area contributed by atoms with Crippen LogP contribution in [0.4, 0.5) is 13.2 Å². The van der Waals surface area contributed by atoms with Crippen LogP contribution in [0.15, 0.2) is 24.3 Å². The van der Waals surface area contributed by atoms with E-state index in [1.165, 1.54) is 12.1 Å². The van der Waals surface area contributed by atoms with E-state index in [1.54, 1.807) is 0 Å². The highest BCUT2D eigenvalue weighted by atomic mass is 19.3. The second kappa shape index (κ2) is 5.18. The summed E-state index contributed by atoms with van der Waals surface area (Å²) >= 11 is 0. The molecule has 0 aliphatic rings. The highest BCUT2D eigenvalue weighted by Gasteiger charge is 2.49. The Morgan fingerprint density at radius 3 is 2.59 bits per heavy atom. The lowest BCUT2D eigenvalue weighted by atomic mass is 9.80. The first-order chi connectivity index (χ1) is 7.98. The molecule has 6 heteroatoms. The van der Waals surface area contributed by atoms with Crippen LogP contribution in [-0.4, -0.2) is 26.0 Å². The van der Waals surface area contributed by atoms with Gasteiger partial charge in [-0.1, -0.05) is 12.1 Å². The number of halogens is 3. The number of rotatable bonds is 4. The Hall–Kier alpha value is -1.56. The molecule has 0 radical (unpaired) electrons. The van der Waals surface area contributed by atoms with Crippen LogP contribution < -0.4 is 5.73 Å². The summed E-state index contributed by atoms with van der Waals surface area (Å²) in [5.41, 5.74) is 2.75. The number of carbonyl (C=O) groups is 1. The molecule has 0 amide bonds. The van der Waals surface area contributed by atoms with Gasteiger partial charge in [0, 0.05) is 6.54 Å². The summed E-state index contributed by atoms with van der Waals surface area (Å²) in [5, 5.41) is 0. The van der Waals surface area contributed by atoms with Crippen LogP contribution >= 0.6 is 0 Å². The van der Waals surface area contributed by atoms with Crippen molar-refractivity contribution in [2.45, 2.75) is 11.8 Å². The molecular weight excluding hydrogens is 235 g/mol. The minimum absolute atomic E-state index is 0.193. The van der Waals surface area contributed by atoms with E-state index in [2.05, 4.69) is 4.74 Å². The first kappa shape index (κ1) is 13.5. The molecule has 2 N–H and O–H groups in total. The molecule has 0 fully saturated rings. The normalized spacial score (nSPS) is 14.5. The molecule has 0 aliphatic heterocycles. The van der Waals surface area contributed by atoms with Crippen molar-refractivity contribution in [3.05, 3.63) is 35.6 Å². The van der Waals surface area contributed by atoms with Crippen molar-refractivity contribution >= 4 is 5.97 Å².